The highest BCUT2D eigenvalue weighted by molar-refractivity contribution is 5.76. The number of rotatable bonds is 64. The van der Waals surface area contributed by atoms with Gasteiger partial charge >= 0.3 is 5.97 Å². The quantitative estimate of drug-likeness (QED) is 0.0320. The van der Waals surface area contributed by atoms with Gasteiger partial charge in [-0.25, -0.2) is 0 Å². The molecule has 0 aliphatic rings. The lowest BCUT2D eigenvalue weighted by Crippen LogP contribution is -2.45. The summed E-state index contributed by atoms with van der Waals surface area (Å²) in [5, 5.41) is 23.4. The summed E-state index contributed by atoms with van der Waals surface area (Å²) in [5.74, 6) is -0.0441. The molecule has 0 radical (unpaired) electrons. The Morgan fingerprint density at radius 2 is 0.627 bits per heavy atom. The van der Waals surface area contributed by atoms with Crippen molar-refractivity contribution in [1.82, 2.24) is 5.32 Å². The average Bonchev–Trinajstić information content (AvgIpc) is 3.41. The number of aliphatic hydroxyl groups is 2. The Bertz CT molecular complexity index is 1170. The van der Waals surface area contributed by atoms with Crippen LogP contribution in [0.3, 0.4) is 0 Å². The van der Waals surface area contributed by atoms with Gasteiger partial charge in [0.25, 0.3) is 0 Å². The van der Waals surface area contributed by atoms with E-state index in [0.717, 1.165) is 51.4 Å². The van der Waals surface area contributed by atoms with Crippen LogP contribution in [0.25, 0.3) is 0 Å². The SMILES string of the molecule is CCCCCCCC/C=C\CCCCCCCCCCCC(=O)OCCCCCCCC/C=C\CCCCCCCCCC(=O)NC(CO)C(O)CCCCCCCCCCCCCCCCCCCCCCCC. The van der Waals surface area contributed by atoms with Gasteiger partial charge in [0.15, 0.2) is 0 Å². The minimum Gasteiger partial charge on any atom is -0.466 e. The summed E-state index contributed by atoms with van der Waals surface area (Å²) in [5.41, 5.74) is 0. The number of ether oxygens (including phenoxy) is 1. The third-order valence-corrected chi connectivity index (χ3v) is 16.0. The van der Waals surface area contributed by atoms with E-state index in [-0.39, 0.29) is 18.5 Å². The first-order chi connectivity index (χ1) is 37.0. The Labute approximate surface area is 469 Å². The second-order valence-electron chi connectivity index (χ2n) is 23.5. The predicted octanol–water partition coefficient (Wildman–Crippen LogP) is 21.8. The molecule has 0 fully saturated rings. The van der Waals surface area contributed by atoms with E-state index >= 15 is 0 Å². The van der Waals surface area contributed by atoms with Gasteiger partial charge in [0.1, 0.15) is 0 Å². The number of unbranched alkanes of at least 4 members (excludes halogenated alkanes) is 49. The van der Waals surface area contributed by atoms with Crippen LogP contribution < -0.4 is 5.32 Å². The van der Waals surface area contributed by atoms with E-state index in [9.17, 15) is 19.8 Å². The average molecular weight is 1060 g/mol. The van der Waals surface area contributed by atoms with Crippen LogP contribution in [0.4, 0.5) is 0 Å². The fourth-order valence-corrected chi connectivity index (χ4v) is 10.7. The largest absolute Gasteiger partial charge is 0.466 e. The Hall–Kier alpha value is -1.66. The summed E-state index contributed by atoms with van der Waals surface area (Å²) in [7, 11) is 0. The predicted molar refractivity (Wildman–Crippen MR) is 329 cm³/mol. The molecule has 0 spiro atoms. The Balaban J connectivity index is 3.43. The molecule has 2 atom stereocenters. The molecule has 0 aliphatic heterocycles. The van der Waals surface area contributed by atoms with Crippen molar-refractivity contribution in [2.24, 2.45) is 0 Å². The topological polar surface area (TPSA) is 95.9 Å². The highest BCUT2D eigenvalue weighted by Crippen LogP contribution is 2.18. The first kappa shape index (κ1) is 73.3. The minimum absolute atomic E-state index is 0.00113. The van der Waals surface area contributed by atoms with Crippen LogP contribution in [-0.2, 0) is 14.3 Å². The van der Waals surface area contributed by atoms with Gasteiger partial charge in [-0.05, 0) is 77.0 Å². The standard InChI is InChI=1S/C69H133NO5/c1-3-5-7-9-11-13-15-17-19-21-23-24-25-27-29-33-37-41-45-49-53-57-61-67(72)66(65-71)70-68(73)62-58-54-50-46-42-38-34-30-28-32-36-40-44-48-52-56-60-64-75-69(74)63-59-55-51-47-43-39-35-31-26-22-20-18-16-14-12-10-8-6-4-2/h18,20,28,32,66-67,71-72H,3-17,19,21-27,29-31,33-65H2,1-2H3,(H,70,73)/b20-18-,32-28-. The number of allylic oxidation sites excluding steroid dienone is 4. The van der Waals surface area contributed by atoms with Gasteiger partial charge in [-0.3, -0.25) is 9.59 Å². The van der Waals surface area contributed by atoms with E-state index in [1.807, 2.05) is 0 Å². The van der Waals surface area contributed by atoms with Crippen LogP contribution >= 0.6 is 0 Å². The van der Waals surface area contributed by atoms with Crippen molar-refractivity contribution in [3.05, 3.63) is 24.3 Å². The van der Waals surface area contributed by atoms with Crippen LogP contribution in [0.1, 0.15) is 380 Å². The first-order valence-corrected chi connectivity index (χ1v) is 34.1. The number of hydrogen-bond acceptors (Lipinski definition) is 5. The Morgan fingerprint density at radius 3 is 0.947 bits per heavy atom. The highest BCUT2D eigenvalue weighted by atomic mass is 16.5. The molecular weight excluding hydrogens is 923 g/mol. The lowest BCUT2D eigenvalue weighted by molar-refractivity contribution is -0.143. The molecule has 6 heteroatoms. The van der Waals surface area contributed by atoms with Gasteiger partial charge in [0, 0.05) is 12.8 Å². The van der Waals surface area contributed by atoms with E-state index in [1.54, 1.807) is 0 Å². The Morgan fingerprint density at radius 1 is 0.360 bits per heavy atom. The number of nitrogens with one attached hydrogen (secondary N) is 1. The molecule has 0 aromatic rings. The molecule has 0 aromatic heterocycles. The third kappa shape index (κ3) is 61.4. The van der Waals surface area contributed by atoms with E-state index in [0.29, 0.717) is 25.9 Å². The van der Waals surface area contributed by atoms with Crippen molar-refractivity contribution >= 4 is 11.9 Å². The van der Waals surface area contributed by atoms with E-state index < -0.39 is 12.1 Å². The summed E-state index contributed by atoms with van der Waals surface area (Å²) in [4.78, 5) is 24.6. The van der Waals surface area contributed by atoms with Crippen molar-refractivity contribution in [2.45, 2.75) is 392 Å². The third-order valence-electron chi connectivity index (χ3n) is 16.0. The zero-order valence-corrected chi connectivity index (χ0v) is 50.8. The zero-order valence-electron chi connectivity index (χ0n) is 50.8. The van der Waals surface area contributed by atoms with Crippen LogP contribution in [0.5, 0.6) is 0 Å². The van der Waals surface area contributed by atoms with Crippen LogP contribution in [0.2, 0.25) is 0 Å². The monoisotopic (exact) mass is 1060 g/mol. The summed E-state index contributed by atoms with van der Waals surface area (Å²) in [6.07, 6.45) is 80.6. The van der Waals surface area contributed by atoms with E-state index in [4.69, 9.17) is 4.74 Å². The lowest BCUT2D eigenvalue weighted by Gasteiger charge is -2.22. The molecule has 75 heavy (non-hydrogen) atoms. The number of amides is 1. The molecule has 444 valence electrons. The van der Waals surface area contributed by atoms with Gasteiger partial charge < -0.3 is 20.3 Å². The minimum atomic E-state index is -0.674. The maximum absolute atomic E-state index is 12.5. The fraction of sp³-hybridized carbons (Fsp3) is 0.913. The smallest absolute Gasteiger partial charge is 0.305 e. The second-order valence-corrected chi connectivity index (χ2v) is 23.5. The molecule has 1 amide bonds. The summed E-state index contributed by atoms with van der Waals surface area (Å²) < 4.78 is 5.49. The van der Waals surface area contributed by atoms with Crippen LogP contribution in [-0.4, -0.2) is 47.4 Å². The van der Waals surface area contributed by atoms with E-state index in [1.165, 1.54) is 295 Å². The number of aliphatic hydroxyl groups excluding tert-OH is 2. The molecule has 6 nitrogen and oxygen atoms in total. The summed E-state index contributed by atoms with van der Waals surface area (Å²) in [6, 6.07) is -0.552. The van der Waals surface area contributed by atoms with Gasteiger partial charge in [0.05, 0.1) is 25.4 Å². The maximum Gasteiger partial charge on any atom is 0.305 e. The van der Waals surface area contributed by atoms with Crippen molar-refractivity contribution in [3.8, 4) is 0 Å². The number of esters is 1. The summed E-state index contributed by atoms with van der Waals surface area (Å²) in [6.45, 7) is 4.96. The summed E-state index contributed by atoms with van der Waals surface area (Å²) >= 11 is 0. The normalized spacial score (nSPS) is 12.6. The molecule has 0 aliphatic carbocycles. The molecule has 0 aromatic carbocycles. The number of carbonyl (C=O) groups is 2. The molecule has 0 saturated carbocycles. The van der Waals surface area contributed by atoms with Gasteiger partial charge in [-0.15, -0.1) is 0 Å². The lowest BCUT2D eigenvalue weighted by atomic mass is 10.0. The fourth-order valence-electron chi connectivity index (χ4n) is 10.7. The van der Waals surface area contributed by atoms with Crippen LogP contribution in [0.15, 0.2) is 24.3 Å². The van der Waals surface area contributed by atoms with Crippen molar-refractivity contribution in [2.75, 3.05) is 13.2 Å². The van der Waals surface area contributed by atoms with Gasteiger partial charge in [0.2, 0.25) is 5.91 Å². The first-order valence-electron chi connectivity index (χ1n) is 34.1. The molecule has 0 saturated heterocycles. The van der Waals surface area contributed by atoms with E-state index in [2.05, 4.69) is 43.5 Å². The second kappa shape index (κ2) is 64.9. The molecule has 3 N–H and O–H groups in total. The highest BCUT2D eigenvalue weighted by Gasteiger charge is 2.20. The number of hydrogen-bond donors (Lipinski definition) is 3. The zero-order chi connectivity index (χ0) is 54.3. The van der Waals surface area contributed by atoms with Gasteiger partial charge in [-0.1, -0.05) is 314 Å². The van der Waals surface area contributed by atoms with Crippen molar-refractivity contribution in [3.63, 3.8) is 0 Å². The molecule has 0 rings (SSSR count). The number of carbonyl (C=O) groups excluding carboxylic acids is 2. The maximum atomic E-state index is 12.5. The van der Waals surface area contributed by atoms with Crippen molar-refractivity contribution < 1.29 is 24.5 Å². The Kier molecular flexibility index (Phi) is 63.4. The molecular formula is C69H133NO5. The molecule has 0 bridgehead atoms. The molecule has 0 heterocycles. The van der Waals surface area contributed by atoms with Crippen LogP contribution in [0, 0.1) is 0 Å². The molecule has 2 unspecified atom stereocenters. The van der Waals surface area contributed by atoms with Crippen molar-refractivity contribution in [1.29, 1.82) is 0 Å². The van der Waals surface area contributed by atoms with Gasteiger partial charge in [-0.2, -0.15) is 0 Å².